The van der Waals surface area contributed by atoms with Crippen LogP contribution in [0.5, 0.6) is 5.75 Å². The normalized spacial score (nSPS) is 27.8. The molecule has 1 aromatic rings. The maximum Gasteiger partial charge on any atom is 0.196 e. The summed E-state index contributed by atoms with van der Waals surface area (Å²) >= 11 is 2.01. The summed E-state index contributed by atoms with van der Waals surface area (Å²) in [4.78, 5) is 6.79. The summed E-state index contributed by atoms with van der Waals surface area (Å²) in [6.07, 6.45) is 1.11. The predicted octanol–water partition coefficient (Wildman–Crippen LogP) is 2.73. The smallest absolute Gasteiger partial charge is 0.196 e. The van der Waals surface area contributed by atoms with E-state index in [1.54, 1.807) is 7.11 Å². The minimum absolute atomic E-state index is 0.0189. The summed E-state index contributed by atoms with van der Waals surface area (Å²) in [5.74, 6) is 3.77. The molecule has 0 saturated carbocycles. The Morgan fingerprint density at radius 1 is 1.24 bits per heavy atom. The molecule has 2 heterocycles. The van der Waals surface area contributed by atoms with Crippen LogP contribution in [0.1, 0.15) is 20.3 Å². The van der Waals surface area contributed by atoms with Crippen LogP contribution in [0.3, 0.4) is 0 Å². The van der Waals surface area contributed by atoms with E-state index in [-0.39, 0.29) is 5.54 Å². The van der Waals surface area contributed by atoms with Gasteiger partial charge in [-0.15, -0.1) is 0 Å². The molecule has 0 aromatic heterocycles. The average molecular weight is 305 g/mol. The molecule has 1 aromatic carbocycles. The van der Waals surface area contributed by atoms with E-state index >= 15 is 0 Å². The SMILES string of the molecule is COc1ccc(N2C(N)=NCC23CSCC(C)(C)C3)cc1. The van der Waals surface area contributed by atoms with Gasteiger partial charge in [0.05, 0.1) is 19.2 Å². The van der Waals surface area contributed by atoms with Crippen LogP contribution < -0.4 is 15.4 Å². The molecule has 2 N–H and O–H groups in total. The van der Waals surface area contributed by atoms with Gasteiger partial charge in [0, 0.05) is 11.4 Å². The Balaban J connectivity index is 1.95. The molecule has 0 amide bonds. The summed E-state index contributed by atoms with van der Waals surface area (Å²) in [5, 5.41) is 0. The molecule has 4 nitrogen and oxygen atoms in total. The van der Waals surface area contributed by atoms with Crippen molar-refractivity contribution < 1.29 is 4.74 Å². The zero-order valence-corrected chi connectivity index (χ0v) is 13.7. The standard InChI is InChI=1S/C16H23N3OS/c1-15(2)8-16(11-21-10-15)9-18-14(17)19(16)12-4-6-13(20-3)7-5-12/h4-7H,8-11H2,1-3H3,(H2,17,18). The molecule has 0 aliphatic carbocycles. The number of hydrogen-bond acceptors (Lipinski definition) is 5. The molecule has 1 unspecified atom stereocenters. The van der Waals surface area contributed by atoms with E-state index in [1.165, 1.54) is 5.75 Å². The van der Waals surface area contributed by atoms with Crippen molar-refractivity contribution in [1.29, 1.82) is 0 Å². The number of hydrogen-bond donors (Lipinski definition) is 1. The number of nitrogens with two attached hydrogens (primary N) is 1. The Morgan fingerprint density at radius 2 is 1.95 bits per heavy atom. The Labute approximate surface area is 130 Å². The molecular formula is C16H23N3OS. The van der Waals surface area contributed by atoms with Gasteiger partial charge in [0.1, 0.15) is 5.75 Å². The van der Waals surface area contributed by atoms with Gasteiger partial charge in [0.15, 0.2) is 5.96 Å². The molecule has 1 saturated heterocycles. The van der Waals surface area contributed by atoms with E-state index in [1.807, 2.05) is 23.9 Å². The first-order chi connectivity index (χ1) is 9.96. The Hall–Kier alpha value is -1.36. The molecule has 3 rings (SSSR count). The molecular weight excluding hydrogens is 282 g/mol. The zero-order valence-electron chi connectivity index (χ0n) is 12.9. The maximum absolute atomic E-state index is 6.21. The number of rotatable bonds is 2. The molecule has 1 spiro atoms. The largest absolute Gasteiger partial charge is 0.497 e. The van der Waals surface area contributed by atoms with Crippen LogP contribution in [0.25, 0.3) is 0 Å². The molecule has 0 radical (unpaired) electrons. The van der Waals surface area contributed by atoms with E-state index < -0.39 is 0 Å². The van der Waals surface area contributed by atoms with Crippen molar-refractivity contribution in [2.45, 2.75) is 25.8 Å². The third kappa shape index (κ3) is 2.59. The predicted molar refractivity (Wildman–Crippen MR) is 90.4 cm³/mol. The third-order valence-corrected chi connectivity index (χ3v) is 5.97. The van der Waals surface area contributed by atoms with Crippen LogP contribution in [-0.2, 0) is 0 Å². The average Bonchev–Trinajstić information content (AvgIpc) is 2.74. The summed E-state index contributed by atoms with van der Waals surface area (Å²) in [5.41, 5.74) is 7.65. The molecule has 2 aliphatic heterocycles. The lowest BCUT2D eigenvalue weighted by molar-refractivity contribution is 0.282. The highest BCUT2D eigenvalue weighted by atomic mass is 32.2. The lowest BCUT2D eigenvalue weighted by Gasteiger charge is -2.47. The minimum atomic E-state index is 0.0189. The monoisotopic (exact) mass is 305 g/mol. The van der Waals surface area contributed by atoms with Gasteiger partial charge in [-0.2, -0.15) is 11.8 Å². The highest BCUT2D eigenvalue weighted by molar-refractivity contribution is 7.99. The van der Waals surface area contributed by atoms with Crippen LogP contribution in [0.15, 0.2) is 29.3 Å². The first kappa shape index (κ1) is 14.6. The summed E-state index contributed by atoms with van der Waals surface area (Å²) in [6.45, 7) is 5.46. The lowest BCUT2D eigenvalue weighted by Crippen LogP contribution is -2.58. The quantitative estimate of drug-likeness (QED) is 0.913. The Bertz CT molecular complexity index is 555. The van der Waals surface area contributed by atoms with E-state index in [4.69, 9.17) is 10.5 Å². The second-order valence-electron chi connectivity index (χ2n) is 6.77. The number of anilines is 1. The number of benzene rings is 1. The van der Waals surface area contributed by atoms with Gasteiger partial charge in [0.2, 0.25) is 0 Å². The van der Waals surface area contributed by atoms with Gasteiger partial charge < -0.3 is 15.4 Å². The van der Waals surface area contributed by atoms with Crippen LogP contribution in [0.2, 0.25) is 0 Å². The van der Waals surface area contributed by atoms with Gasteiger partial charge in [-0.1, -0.05) is 13.8 Å². The van der Waals surface area contributed by atoms with Crippen molar-refractivity contribution in [2.75, 3.05) is 30.1 Å². The number of guanidine groups is 1. The molecule has 21 heavy (non-hydrogen) atoms. The van der Waals surface area contributed by atoms with Crippen molar-refractivity contribution in [3.05, 3.63) is 24.3 Å². The summed E-state index contributed by atoms with van der Waals surface area (Å²) in [7, 11) is 1.68. The maximum atomic E-state index is 6.21. The topological polar surface area (TPSA) is 50.9 Å². The Kier molecular flexibility index (Phi) is 3.56. The van der Waals surface area contributed by atoms with E-state index in [2.05, 4.69) is 35.9 Å². The fourth-order valence-corrected chi connectivity index (χ4v) is 4.96. The molecule has 114 valence electrons. The van der Waals surface area contributed by atoms with E-state index in [0.29, 0.717) is 11.4 Å². The molecule has 1 atom stereocenters. The van der Waals surface area contributed by atoms with Crippen LogP contribution in [0.4, 0.5) is 5.69 Å². The van der Waals surface area contributed by atoms with Gasteiger partial charge >= 0.3 is 0 Å². The zero-order chi connectivity index (χ0) is 15.1. The van der Waals surface area contributed by atoms with Crippen molar-refractivity contribution in [2.24, 2.45) is 16.1 Å². The van der Waals surface area contributed by atoms with Crippen molar-refractivity contribution in [3.63, 3.8) is 0 Å². The third-order valence-electron chi connectivity index (χ3n) is 4.24. The van der Waals surface area contributed by atoms with Gasteiger partial charge in [-0.3, -0.25) is 4.99 Å². The number of ether oxygens (including phenoxy) is 1. The van der Waals surface area contributed by atoms with Crippen LogP contribution >= 0.6 is 11.8 Å². The second kappa shape index (κ2) is 5.13. The second-order valence-corrected chi connectivity index (χ2v) is 7.75. The van der Waals surface area contributed by atoms with Crippen molar-refractivity contribution in [3.8, 4) is 5.75 Å². The molecule has 2 aliphatic rings. The highest BCUT2D eigenvalue weighted by Gasteiger charge is 2.48. The van der Waals surface area contributed by atoms with Crippen LogP contribution in [0, 0.1) is 5.41 Å². The molecule has 1 fully saturated rings. The minimum Gasteiger partial charge on any atom is -0.497 e. The lowest BCUT2D eigenvalue weighted by atomic mass is 9.79. The highest BCUT2D eigenvalue weighted by Crippen LogP contribution is 2.45. The van der Waals surface area contributed by atoms with Gasteiger partial charge in [-0.05, 0) is 41.9 Å². The fraction of sp³-hybridized carbons (Fsp3) is 0.562. The number of methoxy groups -OCH3 is 1. The summed E-state index contributed by atoms with van der Waals surface area (Å²) < 4.78 is 5.24. The first-order valence-electron chi connectivity index (χ1n) is 7.28. The summed E-state index contributed by atoms with van der Waals surface area (Å²) in [6, 6.07) is 8.10. The number of nitrogens with zero attached hydrogens (tertiary/aromatic N) is 2. The number of aliphatic imine (C=N–C) groups is 1. The fourth-order valence-electron chi connectivity index (χ4n) is 3.51. The van der Waals surface area contributed by atoms with Crippen molar-refractivity contribution >= 4 is 23.4 Å². The van der Waals surface area contributed by atoms with E-state index in [9.17, 15) is 0 Å². The Morgan fingerprint density at radius 3 is 2.57 bits per heavy atom. The van der Waals surface area contributed by atoms with E-state index in [0.717, 1.165) is 30.2 Å². The first-order valence-corrected chi connectivity index (χ1v) is 8.43. The van der Waals surface area contributed by atoms with Crippen LogP contribution in [-0.4, -0.2) is 36.7 Å². The molecule has 0 bridgehead atoms. The van der Waals surface area contributed by atoms with Gasteiger partial charge in [0.25, 0.3) is 0 Å². The molecule has 5 heteroatoms. The van der Waals surface area contributed by atoms with Crippen molar-refractivity contribution in [1.82, 2.24) is 0 Å². The number of thioether (sulfide) groups is 1. The van der Waals surface area contributed by atoms with Gasteiger partial charge in [-0.25, -0.2) is 0 Å².